The largest absolute Gasteiger partial charge is 0.330 e. The molecule has 0 aliphatic carbocycles. The molecule has 1 aliphatic heterocycles. The number of hydrogen-bond donors (Lipinski definition) is 3. The highest BCUT2D eigenvalue weighted by molar-refractivity contribution is 5.96. The van der Waals surface area contributed by atoms with Crippen molar-refractivity contribution in [3.63, 3.8) is 0 Å². The SMILES string of the molecule is CC(C)(C)c1ccc2ncc(NC(=O)[C@H]3C[C@H](CN)CN3)cc2c1. The second kappa shape index (κ2) is 6.49. The predicted octanol–water partition coefficient (Wildman–Crippen LogP) is 2.41. The van der Waals surface area contributed by atoms with E-state index in [2.05, 4.69) is 48.5 Å². The first kappa shape index (κ1) is 16.9. The normalized spacial score (nSPS) is 21.2. The molecule has 0 saturated carbocycles. The van der Waals surface area contributed by atoms with Crippen molar-refractivity contribution < 1.29 is 4.79 Å². The van der Waals surface area contributed by atoms with Crippen LogP contribution in [0.3, 0.4) is 0 Å². The third-order valence-corrected chi connectivity index (χ3v) is 4.69. The number of pyridine rings is 1. The molecule has 2 aromatic rings. The van der Waals surface area contributed by atoms with Gasteiger partial charge in [-0.25, -0.2) is 0 Å². The zero-order valence-corrected chi connectivity index (χ0v) is 14.6. The summed E-state index contributed by atoms with van der Waals surface area (Å²) in [5.74, 6) is 0.365. The highest BCUT2D eigenvalue weighted by Gasteiger charge is 2.28. The van der Waals surface area contributed by atoms with Gasteiger partial charge in [-0.1, -0.05) is 26.8 Å². The van der Waals surface area contributed by atoms with Gasteiger partial charge in [0.05, 0.1) is 23.4 Å². The second-order valence-electron chi connectivity index (χ2n) is 7.67. The van der Waals surface area contributed by atoms with E-state index in [4.69, 9.17) is 5.73 Å². The van der Waals surface area contributed by atoms with E-state index in [1.54, 1.807) is 6.20 Å². The van der Waals surface area contributed by atoms with Crippen LogP contribution in [0.2, 0.25) is 0 Å². The average Bonchev–Trinajstić information content (AvgIpc) is 3.02. The molecule has 1 aromatic carbocycles. The Bertz CT molecular complexity index is 751. The number of carbonyl (C=O) groups is 1. The van der Waals surface area contributed by atoms with Gasteiger partial charge in [0, 0.05) is 5.39 Å². The summed E-state index contributed by atoms with van der Waals surface area (Å²) < 4.78 is 0. The van der Waals surface area contributed by atoms with Crippen LogP contribution in [-0.4, -0.2) is 30.0 Å². The molecule has 1 fully saturated rings. The number of aromatic nitrogens is 1. The van der Waals surface area contributed by atoms with Gasteiger partial charge < -0.3 is 16.4 Å². The van der Waals surface area contributed by atoms with Crippen molar-refractivity contribution in [3.8, 4) is 0 Å². The Balaban J connectivity index is 1.79. The second-order valence-corrected chi connectivity index (χ2v) is 7.67. The van der Waals surface area contributed by atoms with E-state index < -0.39 is 0 Å². The number of anilines is 1. The number of nitrogens with zero attached hydrogens (tertiary/aromatic N) is 1. The molecule has 1 amide bonds. The number of fused-ring (bicyclic) bond motifs is 1. The molecule has 2 atom stereocenters. The van der Waals surface area contributed by atoms with Crippen LogP contribution in [0.1, 0.15) is 32.8 Å². The number of rotatable bonds is 3. The van der Waals surface area contributed by atoms with Gasteiger partial charge in [0.1, 0.15) is 0 Å². The molecule has 5 nitrogen and oxygen atoms in total. The predicted molar refractivity (Wildman–Crippen MR) is 98.0 cm³/mol. The van der Waals surface area contributed by atoms with E-state index in [-0.39, 0.29) is 17.4 Å². The van der Waals surface area contributed by atoms with Crippen LogP contribution in [0.5, 0.6) is 0 Å². The molecule has 1 aliphatic rings. The van der Waals surface area contributed by atoms with E-state index >= 15 is 0 Å². The number of nitrogens with one attached hydrogen (secondary N) is 2. The van der Waals surface area contributed by atoms with Crippen molar-refractivity contribution in [2.24, 2.45) is 11.7 Å². The molecule has 0 radical (unpaired) electrons. The quantitative estimate of drug-likeness (QED) is 0.809. The van der Waals surface area contributed by atoms with E-state index in [0.29, 0.717) is 12.5 Å². The van der Waals surface area contributed by atoms with Crippen LogP contribution in [0.25, 0.3) is 10.9 Å². The average molecular weight is 326 g/mol. The lowest BCUT2D eigenvalue weighted by molar-refractivity contribution is -0.117. The lowest BCUT2D eigenvalue weighted by atomic mass is 9.86. The summed E-state index contributed by atoms with van der Waals surface area (Å²) in [6.45, 7) is 7.98. The Morgan fingerprint density at radius 1 is 1.38 bits per heavy atom. The monoisotopic (exact) mass is 326 g/mol. The molecule has 1 aromatic heterocycles. The van der Waals surface area contributed by atoms with Crippen molar-refractivity contribution >= 4 is 22.5 Å². The molecule has 0 unspecified atom stereocenters. The van der Waals surface area contributed by atoms with Crippen LogP contribution in [-0.2, 0) is 10.2 Å². The summed E-state index contributed by atoms with van der Waals surface area (Å²) in [7, 11) is 0. The van der Waals surface area contributed by atoms with Crippen LogP contribution in [0.15, 0.2) is 30.5 Å². The maximum absolute atomic E-state index is 12.4. The molecule has 3 rings (SSSR count). The summed E-state index contributed by atoms with van der Waals surface area (Å²) in [6, 6.07) is 8.12. The minimum absolute atomic E-state index is 0.0147. The van der Waals surface area contributed by atoms with Gasteiger partial charge in [-0.15, -0.1) is 0 Å². The maximum Gasteiger partial charge on any atom is 0.241 e. The summed E-state index contributed by atoms with van der Waals surface area (Å²) in [6.07, 6.45) is 2.50. The van der Waals surface area contributed by atoms with Crippen molar-refractivity contribution in [3.05, 3.63) is 36.0 Å². The van der Waals surface area contributed by atoms with Gasteiger partial charge in [0.2, 0.25) is 5.91 Å². The van der Waals surface area contributed by atoms with Gasteiger partial charge in [-0.2, -0.15) is 0 Å². The Morgan fingerprint density at radius 2 is 2.17 bits per heavy atom. The van der Waals surface area contributed by atoms with Crippen LogP contribution >= 0.6 is 0 Å². The third kappa shape index (κ3) is 3.57. The number of amides is 1. The Kier molecular flexibility index (Phi) is 4.56. The van der Waals surface area contributed by atoms with Gasteiger partial charge >= 0.3 is 0 Å². The van der Waals surface area contributed by atoms with Gasteiger partial charge in [-0.3, -0.25) is 9.78 Å². The zero-order chi connectivity index (χ0) is 17.3. The third-order valence-electron chi connectivity index (χ3n) is 4.69. The molecule has 128 valence electrons. The lowest BCUT2D eigenvalue weighted by Crippen LogP contribution is -2.35. The molecule has 5 heteroatoms. The number of benzene rings is 1. The van der Waals surface area contributed by atoms with Gasteiger partial charge in [0.15, 0.2) is 0 Å². The van der Waals surface area contributed by atoms with Gasteiger partial charge in [0.25, 0.3) is 0 Å². The smallest absolute Gasteiger partial charge is 0.241 e. The minimum Gasteiger partial charge on any atom is -0.330 e. The first-order valence-corrected chi connectivity index (χ1v) is 8.51. The summed E-state index contributed by atoms with van der Waals surface area (Å²) in [5.41, 5.74) is 8.68. The van der Waals surface area contributed by atoms with E-state index in [1.807, 2.05) is 12.1 Å². The van der Waals surface area contributed by atoms with Crippen molar-refractivity contribution in [2.45, 2.75) is 38.6 Å². The molecule has 1 saturated heterocycles. The zero-order valence-electron chi connectivity index (χ0n) is 14.6. The first-order valence-electron chi connectivity index (χ1n) is 8.51. The molecule has 4 N–H and O–H groups in total. The highest BCUT2D eigenvalue weighted by atomic mass is 16.2. The van der Waals surface area contributed by atoms with Crippen LogP contribution in [0, 0.1) is 5.92 Å². The number of nitrogens with two attached hydrogens (primary N) is 1. The fourth-order valence-corrected chi connectivity index (χ4v) is 3.08. The van der Waals surface area contributed by atoms with Gasteiger partial charge in [-0.05, 0) is 54.6 Å². The lowest BCUT2D eigenvalue weighted by Gasteiger charge is -2.19. The summed E-state index contributed by atoms with van der Waals surface area (Å²) in [4.78, 5) is 16.9. The Morgan fingerprint density at radius 3 is 2.83 bits per heavy atom. The first-order chi connectivity index (χ1) is 11.4. The van der Waals surface area contributed by atoms with Crippen molar-refractivity contribution in [2.75, 3.05) is 18.4 Å². The van der Waals surface area contributed by atoms with Crippen LogP contribution in [0.4, 0.5) is 5.69 Å². The van der Waals surface area contributed by atoms with Crippen LogP contribution < -0.4 is 16.4 Å². The molecule has 0 spiro atoms. The Labute approximate surface area is 143 Å². The maximum atomic E-state index is 12.4. The molecular weight excluding hydrogens is 300 g/mol. The summed E-state index contributed by atoms with van der Waals surface area (Å²) in [5, 5.41) is 7.25. The molecular formula is C19H26N4O. The topological polar surface area (TPSA) is 80.0 Å². The molecule has 2 heterocycles. The van der Waals surface area contributed by atoms with E-state index in [1.165, 1.54) is 5.56 Å². The highest BCUT2D eigenvalue weighted by Crippen LogP contribution is 2.26. The number of hydrogen-bond acceptors (Lipinski definition) is 4. The fraction of sp³-hybridized carbons (Fsp3) is 0.474. The molecule has 0 bridgehead atoms. The Hall–Kier alpha value is -1.98. The van der Waals surface area contributed by atoms with E-state index in [0.717, 1.165) is 29.6 Å². The van der Waals surface area contributed by atoms with Crippen molar-refractivity contribution in [1.82, 2.24) is 10.3 Å². The summed E-state index contributed by atoms with van der Waals surface area (Å²) >= 11 is 0. The standard InChI is InChI=1S/C19H26N4O/c1-19(2,3)14-4-5-16-13(7-14)8-15(11-22-16)23-18(24)17-6-12(9-20)10-21-17/h4-5,7-8,11-12,17,21H,6,9-10,20H2,1-3H3,(H,23,24)/t12-,17-/m1/s1. The van der Waals surface area contributed by atoms with Crippen molar-refractivity contribution in [1.29, 1.82) is 0 Å². The number of carbonyl (C=O) groups excluding carboxylic acids is 1. The molecule has 24 heavy (non-hydrogen) atoms. The minimum atomic E-state index is -0.171. The fourth-order valence-electron chi connectivity index (χ4n) is 3.08. The van der Waals surface area contributed by atoms with E-state index in [9.17, 15) is 4.79 Å².